The number of hydrogen-bond donors (Lipinski definition) is 1. The molecule has 0 bridgehead atoms. The van der Waals surface area contributed by atoms with Gasteiger partial charge in [-0.15, -0.1) is 0 Å². The SMILES string of the molecule is C=C(C)C(=O)CC(O)C(=O)S(=O)(=O)[O-].[Na+]. The zero-order chi connectivity index (χ0) is 11.5. The molecular formula is C7H9NaO6S. The van der Waals surface area contributed by atoms with Gasteiger partial charge in [0.1, 0.15) is 6.10 Å². The first-order valence-corrected chi connectivity index (χ1v) is 4.93. The van der Waals surface area contributed by atoms with E-state index in [1.54, 1.807) is 0 Å². The van der Waals surface area contributed by atoms with Crippen LogP contribution in [-0.4, -0.2) is 35.1 Å². The Balaban J connectivity index is 0. The van der Waals surface area contributed by atoms with Crippen molar-refractivity contribution in [2.75, 3.05) is 0 Å². The summed E-state index contributed by atoms with van der Waals surface area (Å²) >= 11 is 0. The number of allylic oxidation sites excluding steroid dienone is 1. The van der Waals surface area contributed by atoms with E-state index in [0.29, 0.717) is 0 Å². The topological polar surface area (TPSA) is 112 Å². The molecule has 0 aromatic carbocycles. The predicted molar refractivity (Wildman–Crippen MR) is 45.1 cm³/mol. The van der Waals surface area contributed by atoms with Gasteiger partial charge in [-0.05, 0) is 12.5 Å². The number of ketones is 1. The smallest absolute Gasteiger partial charge is 0.742 e. The Kier molecular flexibility index (Phi) is 7.53. The zero-order valence-electron chi connectivity index (χ0n) is 8.39. The molecule has 1 atom stereocenters. The average Bonchev–Trinajstić information content (AvgIpc) is 2.00. The van der Waals surface area contributed by atoms with E-state index in [0.717, 1.165) is 0 Å². The first kappa shape index (κ1) is 17.3. The van der Waals surface area contributed by atoms with Crippen LogP contribution in [0.15, 0.2) is 12.2 Å². The molecule has 0 saturated heterocycles. The molecule has 0 aromatic heterocycles. The van der Waals surface area contributed by atoms with E-state index in [9.17, 15) is 22.6 Å². The molecule has 1 N–H and O–H groups in total. The van der Waals surface area contributed by atoms with Gasteiger partial charge in [0, 0.05) is 6.42 Å². The molecule has 0 aromatic rings. The van der Waals surface area contributed by atoms with Crippen LogP contribution < -0.4 is 29.6 Å². The standard InChI is InChI=1S/C7H10O6S.Na/c1-4(2)5(8)3-6(9)7(10)14(11,12)13;/h6,9H,1,3H2,2H3,(H,11,12,13);/q;+1/p-1. The zero-order valence-corrected chi connectivity index (χ0v) is 11.2. The number of rotatable bonds is 4. The summed E-state index contributed by atoms with van der Waals surface area (Å²) in [5.41, 5.74) is 0.0696. The molecule has 0 amide bonds. The molecule has 0 rings (SSSR count). The fraction of sp³-hybridized carbons (Fsp3) is 0.429. The third-order valence-corrected chi connectivity index (χ3v) is 2.14. The van der Waals surface area contributed by atoms with Gasteiger partial charge in [0.25, 0.3) is 5.12 Å². The van der Waals surface area contributed by atoms with Crippen molar-refractivity contribution in [3.05, 3.63) is 12.2 Å². The van der Waals surface area contributed by atoms with Crippen LogP contribution >= 0.6 is 0 Å². The number of carbonyl (C=O) groups excluding carboxylic acids is 2. The first-order valence-electron chi connectivity index (χ1n) is 3.52. The van der Waals surface area contributed by atoms with Gasteiger partial charge in [0.05, 0.1) is 0 Å². The summed E-state index contributed by atoms with van der Waals surface area (Å²) in [4.78, 5) is 21.5. The number of aliphatic hydroxyl groups excluding tert-OH is 1. The Morgan fingerprint density at radius 3 is 2.13 bits per heavy atom. The fourth-order valence-corrected chi connectivity index (χ4v) is 1.02. The Hall–Kier alpha value is -0.0500. The van der Waals surface area contributed by atoms with Crippen LogP contribution in [0.1, 0.15) is 13.3 Å². The summed E-state index contributed by atoms with van der Waals surface area (Å²) in [5.74, 6) is -0.672. The monoisotopic (exact) mass is 244 g/mol. The quantitative estimate of drug-likeness (QED) is 0.306. The minimum atomic E-state index is -5.19. The summed E-state index contributed by atoms with van der Waals surface area (Å²) in [6.45, 7) is 4.57. The average molecular weight is 244 g/mol. The van der Waals surface area contributed by atoms with E-state index in [1.807, 2.05) is 0 Å². The molecule has 0 saturated carbocycles. The molecule has 6 nitrogen and oxygen atoms in total. The molecule has 1 unspecified atom stereocenters. The summed E-state index contributed by atoms with van der Waals surface area (Å²) in [5, 5.41) is 6.99. The molecule has 15 heavy (non-hydrogen) atoms. The Bertz CT molecular complexity index is 371. The van der Waals surface area contributed by atoms with Gasteiger partial charge >= 0.3 is 29.6 Å². The summed E-state index contributed by atoms with van der Waals surface area (Å²) in [6, 6.07) is 0. The van der Waals surface area contributed by atoms with Crippen LogP contribution in [0.4, 0.5) is 0 Å². The van der Waals surface area contributed by atoms with E-state index in [4.69, 9.17) is 5.11 Å². The number of Topliss-reactive ketones (excluding diaryl/α,β-unsaturated/α-hetero) is 1. The van der Waals surface area contributed by atoms with Gasteiger partial charge in [0.2, 0.25) is 0 Å². The van der Waals surface area contributed by atoms with Gasteiger partial charge in [-0.1, -0.05) is 6.58 Å². The van der Waals surface area contributed by atoms with Crippen molar-refractivity contribution in [1.82, 2.24) is 0 Å². The molecule has 0 aliphatic heterocycles. The molecule has 0 aliphatic rings. The molecule has 0 fully saturated rings. The molecule has 80 valence electrons. The number of carbonyl (C=O) groups is 2. The van der Waals surface area contributed by atoms with Crippen molar-refractivity contribution < 1.29 is 57.2 Å². The Labute approximate surface area is 109 Å². The van der Waals surface area contributed by atoms with Crippen molar-refractivity contribution in [2.24, 2.45) is 0 Å². The van der Waals surface area contributed by atoms with E-state index in [2.05, 4.69) is 6.58 Å². The number of aliphatic hydroxyl groups is 1. The van der Waals surface area contributed by atoms with Crippen LogP contribution in [-0.2, 0) is 19.7 Å². The van der Waals surface area contributed by atoms with Crippen molar-refractivity contribution >= 4 is 21.0 Å². The summed E-state index contributed by atoms with van der Waals surface area (Å²) in [7, 11) is -5.19. The minimum absolute atomic E-state index is 0. The number of hydrogen-bond acceptors (Lipinski definition) is 6. The van der Waals surface area contributed by atoms with Crippen molar-refractivity contribution in [3.63, 3.8) is 0 Å². The second-order valence-electron chi connectivity index (χ2n) is 2.70. The normalized spacial score (nSPS) is 12.5. The van der Waals surface area contributed by atoms with E-state index >= 15 is 0 Å². The third kappa shape index (κ3) is 6.18. The largest absolute Gasteiger partial charge is 1.00 e. The van der Waals surface area contributed by atoms with E-state index < -0.39 is 33.5 Å². The summed E-state index contributed by atoms with van der Waals surface area (Å²) in [6.07, 6.45) is -2.85. The second-order valence-corrected chi connectivity index (χ2v) is 4.01. The molecular weight excluding hydrogens is 235 g/mol. The maximum absolute atomic E-state index is 10.9. The Morgan fingerprint density at radius 1 is 1.47 bits per heavy atom. The first-order chi connectivity index (χ1) is 6.16. The van der Waals surface area contributed by atoms with Crippen molar-refractivity contribution in [1.29, 1.82) is 0 Å². The van der Waals surface area contributed by atoms with E-state index in [1.165, 1.54) is 6.92 Å². The van der Waals surface area contributed by atoms with Gasteiger partial charge in [-0.25, -0.2) is 8.42 Å². The van der Waals surface area contributed by atoms with Gasteiger partial charge in [0.15, 0.2) is 15.9 Å². The maximum Gasteiger partial charge on any atom is 1.00 e. The maximum atomic E-state index is 10.9. The molecule has 0 spiro atoms. The van der Waals surface area contributed by atoms with Gasteiger partial charge < -0.3 is 9.66 Å². The fourth-order valence-electron chi connectivity index (χ4n) is 0.600. The minimum Gasteiger partial charge on any atom is -0.742 e. The van der Waals surface area contributed by atoms with Crippen LogP contribution in [0.3, 0.4) is 0 Å². The van der Waals surface area contributed by atoms with E-state index in [-0.39, 0.29) is 35.1 Å². The molecule has 0 aliphatic carbocycles. The van der Waals surface area contributed by atoms with Crippen LogP contribution in [0.25, 0.3) is 0 Å². The van der Waals surface area contributed by atoms with Crippen LogP contribution in [0.5, 0.6) is 0 Å². The molecule has 0 heterocycles. The van der Waals surface area contributed by atoms with Crippen LogP contribution in [0.2, 0.25) is 0 Å². The van der Waals surface area contributed by atoms with Crippen molar-refractivity contribution in [3.8, 4) is 0 Å². The van der Waals surface area contributed by atoms with Gasteiger partial charge in [-0.2, -0.15) is 0 Å². The predicted octanol–water partition coefficient (Wildman–Crippen LogP) is -4.04. The third-order valence-electron chi connectivity index (χ3n) is 1.37. The summed E-state index contributed by atoms with van der Waals surface area (Å²) < 4.78 is 30.4. The van der Waals surface area contributed by atoms with Crippen molar-refractivity contribution in [2.45, 2.75) is 19.4 Å². The van der Waals surface area contributed by atoms with Gasteiger partial charge in [-0.3, -0.25) is 9.59 Å². The second kappa shape index (κ2) is 6.51. The van der Waals surface area contributed by atoms with Crippen LogP contribution in [0, 0.1) is 0 Å². The molecule has 8 heteroatoms. The molecule has 0 radical (unpaired) electrons. The Morgan fingerprint density at radius 2 is 1.87 bits per heavy atom.